The van der Waals surface area contributed by atoms with E-state index in [1.54, 1.807) is 0 Å². The van der Waals surface area contributed by atoms with Crippen LogP contribution < -0.4 is 5.32 Å². The van der Waals surface area contributed by atoms with Crippen molar-refractivity contribution in [3.8, 4) is 0 Å². The van der Waals surface area contributed by atoms with E-state index in [1.165, 1.54) is 12.1 Å². The van der Waals surface area contributed by atoms with Crippen molar-refractivity contribution >= 4 is 5.91 Å². The zero-order valence-electron chi connectivity index (χ0n) is 14.2. The molecule has 0 saturated heterocycles. The smallest absolute Gasteiger partial charge is 0.354 e. The molecule has 0 spiro atoms. The molecule has 6 heteroatoms. The summed E-state index contributed by atoms with van der Waals surface area (Å²) >= 11 is 0. The van der Waals surface area contributed by atoms with E-state index in [-0.39, 0.29) is 18.4 Å². The van der Waals surface area contributed by atoms with Crippen LogP contribution in [0.2, 0.25) is 0 Å². The van der Waals surface area contributed by atoms with Crippen LogP contribution in [0.5, 0.6) is 0 Å². The molecule has 1 atom stereocenters. The molecule has 3 nitrogen and oxygen atoms in total. The average molecular weight is 350 g/mol. The van der Waals surface area contributed by atoms with Crippen LogP contribution in [0, 0.1) is 0 Å². The van der Waals surface area contributed by atoms with Crippen molar-refractivity contribution in [1.29, 1.82) is 0 Å². The van der Waals surface area contributed by atoms with Gasteiger partial charge in [0.25, 0.3) is 0 Å². The Balaban J connectivity index is 1.93. The lowest BCUT2D eigenvalue weighted by Crippen LogP contribution is -2.35. The van der Waals surface area contributed by atoms with E-state index in [9.17, 15) is 18.0 Å². The van der Waals surface area contributed by atoms with Crippen molar-refractivity contribution in [2.45, 2.75) is 18.6 Å². The Labute approximate surface area is 145 Å². The van der Waals surface area contributed by atoms with Crippen molar-refractivity contribution in [3.05, 3.63) is 71.3 Å². The van der Waals surface area contributed by atoms with Gasteiger partial charge in [0.05, 0.1) is 18.0 Å². The number of carbonyl (C=O) groups is 1. The summed E-state index contributed by atoms with van der Waals surface area (Å²) in [5.41, 5.74) is 0.919. The highest BCUT2D eigenvalue weighted by atomic mass is 19.4. The zero-order chi connectivity index (χ0) is 18.4. The van der Waals surface area contributed by atoms with E-state index in [2.05, 4.69) is 5.32 Å². The van der Waals surface area contributed by atoms with Gasteiger partial charge in [-0.15, -0.1) is 0 Å². The molecule has 25 heavy (non-hydrogen) atoms. The molecule has 0 bridgehead atoms. The molecule has 2 aromatic rings. The van der Waals surface area contributed by atoms with Gasteiger partial charge in [-0.1, -0.05) is 42.5 Å². The van der Waals surface area contributed by atoms with Crippen molar-refractivity contribution in [3.63, 3.8) is 0 Å². The number of nitrogens with zero attached hydrogens (tertiary/aromatic N) is 1. The Morgan fingerprint density at radius 3 is 2.16 bits per heavy atom. The molecule has 1 N–H and O–H groups in total. The fourth-order valence-corrected chi connectivity index (χ4v) is 2.54. The van der Waals surface area contributed by atoms with Crippen LogP contribution in [-0.4, -0.2) is 31.4 Å². The lowest BCUT2D eigenvalue weighted by atomic mass is 10.1. The number of rotatable bonds is 6. The van der Waals surface area contributed by atoms with Crippen LogP contribution in [0.3, 0.4) is 0 Å². The Morgan fingerprint density at radius 1 is 1.04 bits per heavy atom. The standard InChI is InChI=1S/C19H21F3N2O/c1-24(2)17(15-6-4-3-5-7-15)13-23-18(25)12-14-8-10-16(11-9-14)19(20,21)22/h3-11,17H,12-13H2,1-2H3,(H,23,25). The molecule has 0 aliphatic rings. The summed E-state index contributed by atoms with van der Waals surface area (Å²) in [5.74, 6) is -0.220. The van der Waals surface area contributed by atoms with Gasteiger partial charge >= 0.3 is 6.18 Å². The van der Waals surface area contributed by atoms with Crippen LogP contribution in [0.1, 0.15) is 22.7 Å². The predicted molar refractivity (Wildman–Crippen MR) is 91.0 cm³/mol. The third-order valence-corrected chi connectivity index (χ3v) is 3.95. The largest absolute Gasteiger partial charge is 0.416 e. The Hall–Kier alpha value is -2.34. The lowest BCUT2D eigenvalue weighted by molar-refractivity contribution is -0.137. The Kier molecular flexibility index (Phi) is 6.20. The summed E-state index contributed by atoms with van der Waals surface area (Å²) in [4.78, 5) is 14.1. The molecule has 0 saturated carbocycles. The Bertz CT molecular complexity index is 682. The number of amides is 1. The fraction of sp³-hybridized carbons (Fsp3) is 0.316. The summed E-state index contributed by atoms with van der Waals surface area (Å²) in [6.07, 6.45) is -4.32. The van der Waals surface area contributed by atoms with Gasteiger partial charge in [0.15, 0.2) is 0 Å². The maximum atomic E-state index is 12.5. The van der Waals surface area contributed by atoms with Crippen molar-refractivity contribution in [2.75, 3.05) is 20.6 Å². The van der Waals surface area contributed by atoms with Crippen LogP contribution >= 0.6 is 0 Å². The number of carbonyl (C=O) groups excluding carboxylic acids is 1. The van der Waals surface area contributed by atoms with Gasteiger partial charge in [0, 0.05) is 6.54 Å². The summed E-state index contributed by atoms with van der Waals surface area (Å²) in [6, 6.07) is 14.5. The highest BCUT2D eigenvalue weighted by Gasteiger charge is 2.30. The molecule has 0 radical (unpaired) electrons. The topological polar surface area (TPSA) is 32.3 Å². The first kappa shape index (κ1) is 19.0. The van der Waals surface area contributed by atoms with Crippen molar-refractivity contribution in [2.24, 2.45) is 0 Å². The third kappa shape index (κ3) is 5.60. The van der Waals surface area contributed by atoms with E-state index < -0.39 is 11.7 Å². The summed E-state index contributed by atoms with van der Waals surface area (Å²) in [6.45, 7) is 0.427. The number of halogens is 3. The molecule has 0 aliphatic heterocycles. The quantitative estimate of drug-likeness (QED) is 0.862. The normalized spacial score (nSPS) is 12.9. The maximum absolute atomic E-state index is 12.5. The van der Waals surface area contributed by atoms with Gasteiger partial charge in [0.1, 0.15) is 0 Å². The monoisotopic (exact) mass is 350 g/mol. The minimum Gasteiger partial charge on any atom is -0.354 e. The third-order valence-electron chi connectivity index (χ3n) is 3.95. The van der Waals surface area contributed by atoms with Gasteiger partial charge in [-0.05, 0) is 37.4 Å². The highest BCUT2D eigenvalue weighted by molar-refractivity contribution is 5.78. The fourth-order valence-electron chi connectivity index (χ4n) is 2.54. The van der Waals surface area contributed by atoms with Gasteiger partial charge < -0.3 is 10.2 Å². The Morgan fingerprint density at radius 2 is 1.64 bits per heavy atom. The first-order valence-corrected chi connectivity index (χ1v) is 7.91. The van der Waals surface area contributed by atoms with Gasteiger partial charge in [0.2, 0.25) is 5.91 Å². The molecular formula is C19H21F3N2O. The summed E-state index contributed by atoms with van der Waals surface area (Å²) < 4.78 is 37.6. The molecule has 0 fully saturated rings. The number of hydrogen-bond acceptors (Lipinski definition) is 2. The molecule has 0 aromatic heterocycles. The minimum absolute atomic E-state index is 0.0257. The molecule has 2 aromatic carbocycles. The summed E-state index contributed by atoms with van der Waals surface area (Å²) in [5, 5.41) is 2.85. The van der Waals surface area contributed by atoms with E-state index in [0.29, 0.717) is 12.1 Å². The SMILES string of the molecule is CN(C)C(CNC(=O)Cc1ccc(C(F)(F)F)cc1)c1ccccc1. The number of alkyl halides is 3. The number of hydrogen-bond donors (Lipinski definition) is 1. The van der Waals surface area contributed by atoms with Gasteiger partial charge in [-0.2, -0.15) is 13.2 Å². The van der Waals surface area contributed by atoms with Crippen LogP contribution in [0.15, 0.2) is 54.6 Å². The molecule has 134 valence electrons. The molecular weight excluding hydrogens is 329 g/mol. The second-order valence-electron chi connectivity index (χ2n) is 6.07. The number of nitrogens with one attached hydrogen (secondary N) is 1. The van der Waals surface area contributed by atoms with E-state index >= 15 is 0 Å². The predicted octanol–water partition coefficient (Wildman–Crippen LogP) is 3.67. The second kappa shape index (κ2) is 8.16. The van der Waals surface area contributed by atoms with Crippen molar-refractivity contribution in [1.82, 2.24) is 10.2 Å². The molecule has 2 rings (SSSR count). The minimum atomic E-state index is -4.37. The van der Waals surface area contributed by atoms with E-state index in [0.717, 1.165) is 17.7 Å². The zero-order valence-corrected chi connectivity index (χ0v) is 14.2. The molecule has 1 amide bonds. The number of benzene rings is 2. The van der Waals surface area contributed by atoms with Gasteiger partial charge in [-0.3, -0.25) is 4.79 Å². The van der Waals surface area contributed by atoms with E-state index in [1.807, 2.05) is 49.3 Å². The second-order valence-corrected chi connectivity index (χ2v) is 6.07. The summed E-state index contributed by atoms with van der Waals surface area (Å²) in [7, 11) is 3.86. The van der Waals surface area contributed by atoms with Crippen molar-refractivity contribution < 1.29 is 18.0 Å². The highest BCUT2D eigenvalue weighted by Crippen LogP contribution is 2.29. The maximum Gasteiger partial charge on any atom is 0.416 e. The van der Waals surface area contributed by atoms with Crippen LogP contribution in [0.25, 0.3) is 0 Å². The molecule has 0 heterocycles. The first-order valence-electron chi connectivity index (χ1n) is 7.91. The number of likely N-dealkylation sites (N-methyl/N-ethyl adjacent to an activating group) is 1. The molecule has 0 aliphatic carbocycles. The molecule has 1 unspecified atom stereocenters. The van der Waals surface area contributed by atoms with Crippen LogP contribution in [-0.2, 0) is 17.4 Å². The van der Waals surface area contributed by atoms with Gasteiger partial charge in [-0.25, -0.2) is 0 Å². The average Bonchev–Trinajstić information content (AvgIpc) is 2.55. The lowest BCUT2D eigenvalue weighted by Gasteiger charge is -2.25. The van der Waals surface area contributed by atoms with Crippen LogP contribution in [0.4, 0.5) is 13.2 Å². The first-order chi connectivity index (χ1) is 11.8. The van der Waals surface area contributed by atoms with E-state index in [4.69, 9.17) is 0 Å².